The molecule has 1 aromatic carbocycles. The highest BCUT2D eigenvalue weighted by atomic mass is 19.1. The summed E-state index contributed by atoms with van der Waals surface area (Å²) < 4.78 is 57.4. The standard InChI is InChI=1S/C25H28F3N3O7/c1-8-13(2)31(24(35)38-25(3,4)5)30-12-16(20(32)21(36-6)19(30)23(34)37-7)22(33)29-11-15-17(27)9-14(26)10-18(15)28/h8-10,12-13H,1,11H2,2-7H3,(H,29,33). The van der Waals surface area contributed by atoms with Gasteiger partial charge >= 0.3 is 12.1 Å². The number of ether oxygens (including phenoxy) is 3. The minimum atomic E-state index is -1.25. The van der Waals surface area contributed by atoms with E-state index in [-0.39, 0.29) is 0 Å². The number of benzene rings is 1. The summed E-state index contributed by atoms with van der Waals surface area (Å²) >= 11 is 0. The highest BCUT2D eigenvalue weighted by Gasteiger charge is 2.34. The molecule has 1 N–H and O–H groups in total. The SMILES string of the molecule is C=CC(C)N(C(=O)OC(C)(C)C)n1cc(C(=O)NCc2c(F)cc(F)cc2F)c(=O)c(OC)c1C(=O)OC. The summed E-state index contributed by atoms with van der Waals surface area (Å²) in [5.74, 6) is -6.55. The number of methoxy groups -OCH3 is 2. The van der Waals surface area contributed by atoms with E-state index in [1.807, 2.05) is 0 Å². The van der Waals surface area contributed by atoms with Crippen molar-refractivity contribution in [2.24, 2.45) is 0 Å². The topological polar surface area (TPSA) is 116 Å². The van der Waals surface area contributed by atoms with Crippen molar-refractivity contribution in [3.8, 4) is 5.75 Å². The van der Waals surface area contributed by atoms with Crippen LogP contribution >= 0.6 is 0 Å². The fraction of sp³-hybridized carbons (Fsp3) is 0.360. The minimum absolute atomic E-state index is 0.432. The van der Waals surface area contributed by atoms with Crippen molar-refractivity contribution in [3.05, 3.63) is 75.5 Å². The first-order valence-electron chi connectivity index (χ1n) is 11.1. The van der Waals surface area contributed by atoms with Crippen LogP contribution in [0.25, 0.3) is 0 Å². The van der Waals surface area contributed by atoms with Crippen molar-refractivity contribution in [3.63, 3.8) is 0 Å². The summed E-state index contributed by atoms with van der Waals surface area (Å²) in [6, 6.07) is 0.00109. The fourth-order valence-corrected chi connectivity index (χ4v) is 3.25. The molecule has 0 saturated heterocycles. The number of pyridine rings is 1. The van der Waals surface area contributed by atoms with Crippen LogP contribution < -0.4 is 20.5 Å². The Balaban J connectivity index is 2.72. The van der Waals surface area contributed by atoms with E-state index < -0.39 is 81.6 Å². The second kappa shape index (κ2) is 11.8. The van der Waals surface area contributed by atoms with Gasteiger partial charge in [-0.25, -0.2) is 32.4 Å². The van der Waals surface area contributed by atoms with E-state index in [1.165, 1.54) is 13.0 Å². The van der Waals surface area contributed by atoms with Gasteiger partial charge in [0.25, 0.3) is 5.91 Å². The molecule has 0 aliphatic carbocycles. The quantitative estimate of drug-likeness (QED) is 0.404. The normalized spacial score (nSPS) is 11.8. The molecule has 1 unspecified atom stereocenters. The van der Waals surface area contributed by atoms with Crippen LogP contribution in [0.5, 0.6) is 5.75 Å². The summed E-state index contributed by atoms with van der Waals surface area (Å²) in [5.41, 5.74) is -3.94. The lowest BCUT2D eigenvalue weighted by Gasteiger charge is -2.33. The van der Waals surface area contributed by atoms with Crippen LogP contribution in [-0.4, -0.2) is 48.5 Å². The number of amides is 2. The van der Waals surface area contributed by atoms with Crippen LogP contribution in [0, 0.1) is 17.5 Å². The number of nitrogens with zero attached hydrogens (tertiary/aromatic N) is 2. The number of aromatic nitrogens is 1. The number of esters is 1. The summed E-state index contributed by atoms with van der Waals surface area (Å²) in [4.78, 5) is 52.0. The maximum Gasteiger partial charge on any atom is 0.430 e. The molecule has 0 radical (unpaired) electrons. The number of hydrogen-bond donors (Lipinski definition) is 1. The van der Waals surface area contributed by atoms with Gasteiger partial charge in [-0.3, -0.25) is 9.59 Å². The largest absolute Gasteiger partial charge is 0.490 e. The van der Waals surface area contributed by atoms with E-state index in [4.69, 9.17) is 14.2 Å². The predicted molar refractivity (Wildman–Crippen MR) is 130 cm³/mol. The summed E-state index contributed by atoms with van der Waals surface area (Å²) in [6.45, 7) is 9.19. The number of carbonyl (C=O) groups is 3. The molecule has 1 heterocycles. The zero-order chi connectivity index (χ0) is 28.9. The number of hydrogen-bond acceptors (Lipinski definition) is 7. The molecule has 38 heavy (non-hydrogen) atoms. The average molecular weight is 540 g/mol. The molecule has 2 rings (SSSR count). The monoisotopic (exact) mass is 539 g/mol. The van der Waals surface area contributed by atoms with E-state index >= 15 is 0 Å². The van der Waals surface area contributed by atoms with Gasteiger partial charge in [0.15, 0.2) is 11.4 Å². The van der Waals surface area contributed by atoms with Gasteiger partial charge in [0.1, 0.15) is 28.6 Å². The molecular weight excluding hydrogens is 511 g/mol. The summed E-state index contributed by atoms with van der Waals surface area (Å²) in [6.07, 6.45) is 1.20. The van der Waals surface area contributed by atoms with Gasteiger partial charge in [-0.05, 0) is 27.7 Å². The van der Waals surface area contributed by atoms with Gasteiger partial charge in [0.2, 0.25) is 5.43 Å². The number of halogens is 3. The first-order valence-corrected chi connectivity index (χ1v) is 11.1. The maximum atomic E-state index is 14.0. The second-order valence-electron chi connectivity index (χ2n) is 8.92. The third-order valence-electron chi connectivity index (χ3n) is 5.05. The Morgan fingerprint density at radius 3 is 2.21 bits per heavy atom. The molecule has 2 aromatic rings. The molecule has 0 saturated carbocycles. The molecule has 13 heteroatoms. The Hall–Kier alpha value is -4.29. The first kappa shape index (κ1) is 29.9. The lowest BCUT2D eigenvalue weighted by molar-refractivity contribution is 0.0512. The number of carbonyl (C=O) groups excluding carboxylic acids is 3. The van der Waals surface area contributed by atoms with Gasteiger partial charge < -0.3 is 19.5 Å². The third-order valence-corrected chi connectivity index (χ3v) is 5.05. The first-order chi connectivity index (χ1) is 17.7. The van der Waals surface area contributed by atoms with Gasteiger partial charge in [0, 0.05) is 30.4 Å². The van der Waals surface area contributed by atoms with Crippen LogP contribution in [0.4, 0.5) is 18.0 Å². The lowest BCUT2D eigenvalue weighted by Crippen LogP contribution is -2.51. The predicted octanol–water partition coefficient (Wildman–Crippen LogP) is 3.44. The zero-order valence-corrected chi connectivity index (χ0v) is 21.7. The molecule has 10 nitrogen and oxygen atoms in total. The summed E-state index contributed by atoms with van der Waals surface area (Å²) in [7, 11) is 2.07. The number of nitrogens with one attached hydrogen (secondary N) is 1. The van der Waals surface area contributed by atoms with Crippen LogP contribution in [0.1, 0.15) is 54.1 Å². The third kappa shape index (κ3) is 6.52. The Kier molecular flexibility index (Phi) is 9.33. The molecular formula is C25H28F3N3O7. The highest BCUT2D eigenvalue weighted by Crippen LogP contribution is 2.21. The van der Waals surface area contributed by atoms with Crippen LogP contribution in [0.3, 0.4) is 0 Å². The van der Waals surface area contributed by atoms with Crippen molar-refractivity contribution in [2.45, 2.75) is 45.9 Å². The van der Waals surface area contributed by atoms with Crippen LogP contribution in [0.15, 0.2) is 35.8 Å². The average Bonchev–Trinajstić information content (AvgIpc) is 2.81. The Bertz CT molecular complexity index is 1300. The van der Waals surface area contributed by atoms with Crippen molar-refractivity contribution in [1.82, 2.24) is 9.99 Å². The Morgan fingerprint density at radius 2 is 1.74 bits per heavy atom. The summed E-state index contributed by atoms with van der Waals surface area (Å²) in [5, 5.41) is 3.06. The highest BCUT2D eigenvalue weighted by molar-refractivity contribution is 5.97. The second-order valence-corrected chi connectivity index (χ2v) is 8.92. The molecule has 0 bridgehead atoms. The molecule has 2 amide bonds. The molecule has 0 spiro atoms. The van der Waals surface area contributed by atoms with E-state index in [0.717, 1.165) is 30.1 Å². The van der Waals surface area contributed by atoms with E-state index in [0.29, 0.717) is 12.1 Å². The zero-order valence-electron chi connectivity index (χ0n) is 21.7. The van der Waals surface area contributed by atoms with Crippen molar-refractivity contribution in [2.75, 3.05) is 19.2 Å². The van der Waals surface area contributed by atoms with Gasteiger partial charge in [-0.2, -0.15) is 0 Å². The molecule has 0 aliphatic heterocycles. The molecule has 1 aromatic heterocycles. The minimum Gasteiger partial charge on any atom is -0.490 e. The Labute approximate surface area is 216 Å². The van der Waals surface area contributed by atoms with E-state index in [9.17, 15) is 32.3 Å². The maximum absolute atomic E-state index is 14.0. The van der Waals surface area contributed by atoms with Crippen molar-refractivity contribution < 1.29 is 41.8 Å². The van der Waals surface area contributed by atoms with E-state index in [2.05, 4.69) is 11.9 Å². The van der Waals surface area contributed by atoms with Crippen LogP contribution in [0.2, 0.25) is 0 Å². The smallest absolute Gasteiger partial charge is 0.430 e. The fourth-order valence-electron chi connectivity index (χ4n) is 3.25. The van der Waals surface area contributed by atoms with E-state index in [1.54, 1.807) is 20.8 Å². The lowest BCUT2D eigenvalue weighted by atomic mass is 10.1. The Morgan fingerprint density at radius 1 is 1.16 bits per heavy atom. The molecule has 206 valence electrons. The van der Waals surface area contributed by atoms with Gasteiger partial charge in [0.05, 0.1) is 20.3 Å². The molecule has 1 atom stereocenters. The van der Waals surface area contributed by atoms with Gasteiger partial charge in [-0.1, -0.05) is 6.08 Å². The van der Waals surface area contributed by atoms with Gasteiger partial charge in [-0.15, -0.1) is 6.58 Å². The number of rotatable bonds is 8. The molecule has 0 aliphatic rings. The molecule has 0 fully saturated rings. The van der Waals surface area contributed by atoms with Crippen molar-refractivity contribution in [1.29, 1.82) is 0 Å². The van der Waals surface area contributed by atoms with Crippen molar-refractivity contribution >= 4 is 18.0 Å². The van der Waals surface area contributed by atoms with Crippen LogP contribution in [-0.2, 0) is 16.0 Å².